The molecule has 3 fully saturated rings. The van der Waals surface area contributed by atoms with Crippen LogP contribution in [0.5, 0.6) is 0 Å². The van der Waals surface area contributed by atoms with E-state index in [0.717, 1.165) is 16.9 Å². The van der Waals surface area contributed by atoms with E-state index >= 15 is 4.39 Å². The number of ketones is 2. The van der Waals surface area contributed by atoms with E-state index < -0.39 is 89.9 Å². The largest absolute Gasteiger partial charge is 0.456 e. The molecule has 1 amide bonds. The van der Waals surface area contributed by atoms with Gasteiger partial charge in [0.25, 0.3) is 11.7 Å². The second kappa shape index (κ2) is 24.7. The zero-order chi connectivity index (χ0) is 48.3. The SMILES string of the molecule is CCC1/C=C(\C)C(F)C(C)CC(OC)C2OC(O)(C(=O)C(=O)N3CCCCC3C(=O)OC(C(C)=CC3CCC(N)C(OCCOCc4ccccc4)C3)C(C)C(O)CC1=O)C(C)CC2OC. The summed E-state index contributed by atoms with van der Waals surface area (Å²) < 4.78 is 52.5. The van der Waals surface area contributed by atoms with Crippen LogP contribution in [-0.2, 0) is 54.2 Å². The average molecular weight is 929 g/mol. The molecule has 3 heterocycles. The number of ether oxygens (including phenoxy) is 6. The topological polar surface area (TPSA) is 193 Å². The van der Waals surface area contributed by atoms with Crippen LogP contribution < -0.4 is 5.73 Å². The zero-order valence-electron chi connectivity index (χ0n) is 40.4. The van der Waals surface area contributed by atoms with E-state index in [1.807, 2.05) is 50.3 Å². The van der Waals surface area contributed by atoms with Crippen molar-refractivity contribution in [3.63, 3.8) is 0 Å². The van der Waals surface area contributed by atoms with E-state index in [-0.39, 0.29) is 56.1 Å². The number of carbonyl (C=O) groups excluding carboxylic acids is 4. The number of cyclic esters (lactones) is 1. The van der Waals surface area contributed by atoms with Gasteiger partial charge in [0.1, 0.15) is 30.2 Å². The highest BCUT2D eigenvalue weighted by Gasteiger charge is 2.57. The van der Waals surface area contributed by atoms with Gasteiger partial charge in [0.05, 0.1) is 44.2 Å². The number of aliphatic hydroxyl groups is 2. The van der Waals surface area contributed by atoms with Gasteiger partial charge >= 0.3 is 5.97 Å². The molecule has 1 saturated carbocycles. The second-order valence-corrected chi connectivity index (χ2v) is 19.4. The molecule has 14 nitrogen and oxygen atoms in total. The molecule has 0 radical (unpaired) electrons. The van der Waals surface area contributed by atoms with Crippen LogP contribution in [0.15, 0.2) is 53.6 Å². The van der Waals surface area contributed by atoms with Gasteiger partial charge in [-0.2, -0.15) is 0 Å². The fraction of sp³-hybridized carbons (Fsp3) is 0.725. The number of piperidine rings is 1. The van der Waals surface area contributed by atoms with Crippen LogP contribution >= 0.6 is 0 Å². The van der Waals surface area contributed by atoms with Gasteiger partial charge in [-0.25, -0.2) is 9.18 Å². The molecular formula is C51H77FN2O12. The van der Waals surface area contributed by atoms with Crippen molar-refractivity contribution < 1.29 is 62.2 Å². The van der Waals surface area contributed by atoms with E-state index in [1.165, 1.54) is 14.2 Å². The molecular weight excluding hydrogens is 852 g/mol. The predicted octanol–water partition coefficient (Wildman–Crippen LogP) is 5.97. The molecule has 5 rings (SSSR count). The molecule has 3 aliphatic heterocycles. The molecule has 2 saturated heterocycles. The lowest BCUT2D eigenvalue weighted by Crippen LogP contribution is -2.64. The minimum atomic E-state index is -2.61. The Morgan fingerprint density at radius 2 is 1.67 bits per heavy atom. The maximum absolute atomic E-state index is 16.3. The maximum atomic E-state index is 16.3. The van der Waals surface area contributed by atoms with Crippen LogP contribution in [-0.4, -0.2) is 133 Å². The zero-order valence-corrected chi connectivity index (χ0v) is 40.4. The predicted molar refractivity (Wildman–Crippen MR) is 245 cm³/mol. The van der Waals surface area contributed by atoms with Crippen LogP contribution in [0, 0.1) is 29.6 Å². The highest BCUT2D eigenvalue weighted by molar-refractivity contribution is 6.39. The summed E-state index contributed by atoms with van der Waals surface area (Å²) in [5.74, 6) is -9.10. The summed E-state index contributed by atoms with van der Waals surface area (Å²) in [5, 5.41) is 23.9. The number of hydrogen-bond acceptors (Lipinski definition) is 13. The van der Waals surface area contributed by atoms with Crippen molar-refractivity contribution in [2.75, 3.05) is 34.0 Å². The number of Topliss-reactive ketones (excluding diaryl/α,β-unsaturated/α-hetero) is 2. The van der Waals surface area contributed by atoms with Crippen LogP contribution in [0.25, 0.3) is 0 Å². The molecule has 15 atom stereocenters. The Morgan fingerprint density at radius 3 is 2.35 bits per heavy atom. The Labute approximate surface area is 391 Å². The summed E-state index contributed by atoms with van der Waals surface area (Å²) in [6.45, 7) is 11.5. The number of rotatable bonds is 11. The second-order valence-electron chi connectivity index (χ2n) is 19.4. The van der Waals surface area contributed by atoms with Gasteiger partial charge in [-0.3, -0.25) is 14.4 Å². The third kappa shape index (κ3) is 13.2. The molecule has 1 aliphatic carbocycles. The van der Waals surface area contributed by atoms with Crippen molar-refractivity contribution in [1.29, 1.82) is 0 Å². The minimum Gasteiger partial charge on any atom is -0.456 e. The Bertz CT molecular complexity index is 1830. The van der Waals surface area contributed by atoms with E-state index in [9.17, 15) is 29.4 Å². The van der Waals surface area contributed by atoms with Crippen LogP contribution in [0.2, 0.25) is 0 Å². The lowest BCUT2D eigenvalue weighted by atomic mass is 9.81. The van der Waals surface area contributed by atoms with Crippen LogP contribution in [0.3, 0.4) is 0 Å². The van der Waals surface area contributed by atoms with Crippen molar-refractivity contribution in [2.45, 2.75) is 173 Å². The average Bonchev–Trinajstić information content (AvgIpc) is 3.31. The summed E-state index contributed by atoms with van der Waals surface area (Å²) in [5.41, 5.74) is 8.58. The number of esters is 1. The van der Waals surface area contributed by atoms with E-state index in [2.05, 4.69) is 0 Å². The van der Waals surface area contributed by atoms with Gasteiger partial charge < -0.3 is 49.3 Å². The molecule has 1 aromatic rings. The molecule has 0 aromatic heterocycles. The van der Waals surface area contributed by atoms with Gasteiger partial charge in [0, 0.05) is 51.0 Å². The van der Waals surface area contributed by atoms with Crippen molar-refractivity contribution >= 4 is 23.4 Å². The molecule has 0 spiro atoms. The molecule has 370 valence electrons. The summed E-state index contributed by atoms with van der Waals surface area (Å²) in [7, 11) is 2.89. The highest BCUT2D eigenvalue weighted by atomic mass is 19.1. The van der Waals surface area contributed by atoms with Crippen molar-refractivity contribution in [3.8, 4) is 0 Å². The number of methoxy groups -OCH3 is 2. The Morgan fingerprint density at radius 1 is 0.970 bits per heavy atom. The first-order valence-corrected chi connectivity index (χ1v) is 24.2. The molecule has 15 unspecified atom stereocenters. The van der Waals surface area contributed by atoms with Crippen LogP contribution in [0.4, 0.5) is 4.39 Å². The lowest BCUT2D eigenvalue weighted by molar-refractivity contribution is -0.302. The normalized spacial score (nSPS) is 38.2. The summed E-state index contributed by atoms with van der Waals surface area (Å²) in [6.07, 6.45) is 0.518. The molecule has 15 heteroatoms. The quantitative estimate of drug-likeness (QED) is 0.102. The number of nitrogens with zero attached hydrogens (tertiary/aromatic N) is 1. The number of fused-ring (bicyclic) bond motifs is 3. The minimum absolute atomic E-state index is 0.0219. The summed E-state index contributed by atoms with van der Waals surface area (Å²) in [6, 6.07) is 8.51. The monoisotopic (exact) mass is 929 g/mol. The van der Waals surface area contributed by atoms with Crippen LogP contribution in [0.1, 0.15) is 111 Å². The molecule has 2 bridgehead atoms. The highest BCUT2D eigenvalue weighted by Crippen LogP contribution is 2.39. The fourth-order valence-corrected chi connectivity index (χ4v) is 10.3. The number of allylic oxidation sites excluding steroid dienone is 3. The van der Waals surface area contributed by atoms with Crippen molar-refractivity contribution in [1.82, 2.24) is 4.90 Å². The molecule has 4 aliphatic rings. The smallest absolute Gasteiger partial charge is 0.329 e. The van der Waals surface area contributed by atoms with E-state index in [0.29, 0.717) is 63.1 Å². The van der Waals surface area contributed by atoms with Gasteiger partial charge in [-0.15, -0.1) is 0 Å². The third-order valence-electron chi connectivity index (χ3n) is 14.6. The number of alkyl halides is 1. The van der Waals surface area contributed by atoms with E-state index in [4.69, 9.17) is 34.2 Å². The maximum Gasteiger partial charge on any atom is 0.329 e. The number of halogens is 1. The number of hydrogen-bond donors (Lipinski definition) is 3. The number of carbonyl (C=O) groups is 4. The molecule has 66 heavy (non-hydrogen) atoms. The number of nitrogens with two attached hydrogens (primary N) is 1. The molecule has 1 aromatic carbocycles. The van der Waals surface area contributed by atoms with E-state index in [1.54, 1.807) is 33.8 Å². The van der Waals surface area contributed by atoms with Crippen molar-refractivity contribution in [3.05, 3.63) is 59.2 Å². The summed E-state index contributed by atoms with van der Waals surface area (Å²) >= 11 is 0. The van der Waals surface area contributed by atoms with Gasteiger partial charge in [-0.1, -0.05) is 70.2 Å². The standard InChI is InChI=1S/C51H77FN2O12/c1-9-37-24-30(2)45(52)31(3)25-43(61-7)47-44(62-8)26-33(5)51(60,66-47)48(57)49(58)54-20-14-13-17-39(54)50(59)65-46(34(6)40(55)28-41(37)56)32(4)23-36-18-19-38(53)42(27-36)64-22-21-63-29-35-15-11-10-12-16-35/h10-12,15-16,23-24,31,33-34,36-40,42-47,55,60H,9,13-14,17-22,25-29,53H2,1-8H3/b30-24+,32-23?. The van der Waals surface area contributed by atoms with Crippen molar-refractivity contribution in [2.24, 2.45) is 35.3 Å². The summed E-state index contributed by atoms with van der Waals surface area (Å²) in [4.78, 5) is 58.3. The Balaban J connectivity index is 1.45. The van der Waals surface area contributed by atoms with Gasteiger partial charge in [-0.05, 0) is 100 Å². The number of amides is 1. The molecule has 4 N–H and O–H groups in total. The number of aliphatic hydroxyl groups excluding tert-OH is 1. The number of benzene rings is 1. The Kier molecular flexibility index (Phi) is 20.1. The first-order chi connectivity index (χ1) is 31.4. The lowest BCUT2D eigenvalue weighted by Gasteiger charge is -2.47. The first-order valence-electron chi connectivity index (χ1n) is 24.2. The van der Waals surface area contributed by atoms with Gasteiger partial charge in [0.15, 0.2) is 0 Å². The van der Waals surface area contributed by atoms with Gasteiger partial charge in [0.2, 0.25) is 5.79 Å². The third-order valence-corrected chi connectivity index (χ3v) is 14.6. The Hall–Kier alpha value is -3.41. The fourth-order valence-electron chi connectivity index (χ4n) is 10.3. The first kappa shape index (κ1) is 53.5.